The lowest BCUT2D eigenvalue weighted by Crippen LogP contribution is -2.48. The molecule has 2 fully saturated rings. The summed E-state index contributed by atoms with van der Waals surface area (Å²) in [6.45, 7) is 4.58. The molecular weight excluding hydrogens is 302 g/mol. The maximum atomic E-state index is 12.8. The van der Waals surface area contributed by atoms with Gasteiger partial charge in [-0.25, -0.2) is 4.79 Å². The van der Waals surface area contributed by atoms with Crippen LogP contribution in [0, 0.1) is 0 Å². The second kappa shape index (κ2) is 7.01. The first kappa shape index (κ1) is 15.8. The molecule has 3 aliphatic heterocycles. The number of anilines is 2. The van der Waals surface area contributed by atoms with Gasteiger partial charge in [0.15, 0.2) is 0 Å². The maximum Gasteiger partial charge on any atom is 0.322 e. The van der Waals surface area contributed by atoms with Gasteiger partial charge < -0.3 is 15.0 Å². The van der Waals surface area contributed by atoms with Crippen LogP contribution in [0.25, 0.3) is 0 Å². The number of urea groups is 1. The van der Waals surface area contributed by atoms with Crippen LogP contribution in [0.3, 0.4) is 0 Å². The molecule has 5 nitrogen and oxygen atoms in total. The fourth-order valence-corrected chi connectivity index (χ4v) is 4.04. The molecule has 3 aliphatic rings. The molecule has 4 rings (SSSR count). The number of fused-ring (bicyclic) bond motifs is 1. The Morgan fingerprint density at radius 2 is 1.88 bits per heavy atom. The zero-order valence-electron chi connectivity index (χ0n) is 14.3. The van der Waals surface area contributed by atoms with E-state index in [1.807, 2.05) is 4.90 Å². The third kappa shape index (κ3) is 3.22. The number of nitrogens with zero attached hydrogens (tertiary/aromatic N) is 2. The summed E-state index contributed by atoms with van der Waals surface area (Å²) >= 11 is 0. The lowest BCUT2D eigenvalue weighted by atomic mass is 10.0. The Bertz CT molecular complexity index is 592. The summed E-state index contributed by atoms with van der Waals surface area (Å²) in [5, 5.41) is 3.21. The second-order valence-corrected chi connectivity index (χ2v) is 7.10. The van der Waals surface area contributed by atoms with Crippen LogP contribution >= 0.6 is 0 Å². The monoisotopic (exact) mass is 329 g/mol. The van der Waals surface area contributed by atoms with Crippen LogP contribution in [0.1, 0.15) is 37.7 Å². The normalized spacial score (nSPS) is 21.7. The molecule has 0 saturated carbocycles. The number of carbonyl (C=O) groups is 1. The molecule has 0 radical (unpaired) electrons. The Morgan fingerprint density at radius 1 is 1.08 bits per heavy atom. The summed E-state index contributed by atoms with van der Waals surface area (Å²) in [4.78, 5) is 17.2. The van der Waals surface area contributed by atoms with Crippen molar-refractivity contribution < 1.29 is 9.53 Å². The molecule has 3 heterocycles. The highest BCUT2D eigenvalue weighted by atomic mass is 16.5. The van der Waals surface area contributed by atoms with Gasteiger partial charge in [0, 0.05) is 44.6 Å². The number of benzene rings is 1. The summed E-state index contributed by atoms with van der Waals surface area (Å²) in [5.74, 6) is 0. The zero-order chi connectivity index (χ0) is 16.4. The van der Waals surface area contributed by atoms with Crippen molar-refractivity contribution in [1.29, 1.82) is 0 Å². The van der Waals surface area contributed by atoms with Crippen molar-refractivity contribution in [3.63, 3.8) is 0 Å². The van der Waals surface area contributed by atoms with Crippen LogP contribution < -0.4 is 15.1 Å². The molecule has 2 amide bonds. The van der Waals surface area contributed by atoms with Gasteiger partial charge in [-0.15, -0.1) is 0 Å². The number of amides is 2. The molecule has 130 valence electrons. The van der Waals surface area contributed by atoms with E-state index >= 15 is 0 Å². The van der Waals surface area contributed by atoms with E-state index in [0.29, 0.717) is 0 Å². The van der Waals surface area contributed by atoms with Crippen molar-refractivity contribution in [2.75, 3.05) is 42.6 Å². The Morgan fingerprint density at radius 3 is 2.67 bits per heavy atom. The van der Waals surface area contributed by atoms with E-state index in [0.717, 1.165) is 64.2 Å². The van der Waals surface area contributed by atoms with Crippen molar-refractivity contribution >= 4 is 17.4 Å². The van der Waals surface area contributed by atoms with E-state index in [1.165, 1.54) is 24.1 Å². The maximum absolute atomic E-state index is 12.8. The first-order valence-corrected chi connectivity index (χ1v) is 9.35. The number of ether oxygens (including phenoxy) is 1. The number of hydrogen-bond acceptors (Lipinski definition) is 3. The molecule has 0 aliphatic carbocycles. The highest BCUT2D eigenvalue weighted by Crippen LogP contribution is 2.32. The smallest absolute Gasteiger partial charge is 0.322 e. The average molecular weight is 329 g/mol. The van der Waals surface area contributed by atoms with Crippen molar-refractivity contribution in [2.24, 2.45) is 0 Å². The van der Waals surface area contributed by atoms with E-state index in [9.17, 15) is 4.79 Å². The third-order valence-electron chi connectivity index (χ3n) is 5.45. The molecule has 0 spiro atoms. The van der Waals surface area contributed by atoms with Gasteiger partial charge in [-0.2, -0.15) is 0 Å². The van der Waals surface area contributed by atoms with Crippen molar-refractivity contribution in [2.45, 2.75) is 44.6 Å². The van der Waals surface area contributed by atoms with E-state index in [1.54, 1.807) is 0 Å². The fraction of sp³-hybridized carbons (Fsp3) is 0.632. The summed E-state index contributed by atoms with van der Waals surface area (Å²) < 4.78 is 5.39. The Kier molecular flexibility index (Phi) is 4.60. The first-order chi connectivity index (χ1) is 11.8. The van der Waals surface area contributed by atoms with Gasteiger partial charge in [0.25, 0.3) is 0 Å². The number of rotatable bonds is 2. The van der Waals surface area contributed by atoms with Gasteiger partial charge in [0.05, 0.1) is 5.69 Å². The topological polar surface area (TPSA) is 44.8 Å². The highest BCUT2D eigenvalue weighted by molar-refractivity contribution is 5.94. The molecule has 1 N–H and O–H groups in total. The van der Waals surface area contributed by atoms with Gasteiger partial charge in [-0.05, 0) is 56.2 Å². The Labute approximate surface area is 144 Å². The SMILES string of the molecule is O=C(NC1CCOCC1)N1CCCc2ccc(N3CCCC3)cc21. The van der Waals surface area contributed by atoms with Crippen LogP contribution in [-0.4, -0.2) is 44.9 Å². The van der Waals surface area contributed by atoms with Crippen LogP contribution in [0.5, 0.6) is 0 Å². The Hall–Kier alpha value is -1.75. The van der Waals surface area contributed by atoms with Crippen LogP contribution in [0.15, 0.2) is 18.2 Å². The second-order valence-electron chi connectivity index (χ2n) is 7.10. The molecule has 24 heavy (non-hydrogen) atoms. The van der Waals surface area contributed by atoms with Gasteiger partial charge in [0.1, 0.15) is 0 Å². The van der Waals surface area contributed by atoms with Crippen LogP contribution in [0.2, 0.25) is 0 Å². The molecule has 2 saturated heterocycles. The minimum atomic E-state index is 0.0569. The van der Waals surface area contributed by atoms with Crippen molar-refractivity contribution in [3.05, 3.63) is 23.8 Å². The largest absolute Gasteiger partial charge is 0.381 e. The first-order valence-electron chi connectivity index (χ1n) is 9.35. The summed E-state index contributed by atoms with van der Waals surface area (Å²) in [5.41, 5.74) is 3.67. The molecule has 1 aromatic rings. The van der Waals surface area contributed by atoms with Crippen LogP contribution in [0.4, 0.5) is 16.2 Å². The predicted octanol–water partition coefficient (Wildman–Crippen LogP) is 2.93. The van der Waals surface area contributed by atoms with Gasteiger partial charge in [-0.3, -0.25) is 4.90 Å². The lowest BCUT2D eigenvalue weighted by Gasteiger charge is -2.33. The highest BCUT2D eigenvalue weighted by Gasteiger charge is 2.26. The number of nitrogens with one attached hydrogen (secondary N) is 1. The standard InChI is InChI=1S/C19H27N3O2/c23-19(20-16-7-12-24-13-8-16)22-11-3-4-15-5-6-17(14-18(15)22)21-9-1-2-10-21/h5-6,14,16H,1-4,7-13H2,(H,20,23). The van der Waals surface area contributed by atoms with Crippen molar-refractivity contribution in [1.82, 2.24) is 5.32 Å². The van der Waals surface area contributed by atoms with E-state index in [2.05, 4.69) is 28.4 Å². The molecule has 0 atom stereocenters. The lowest BCUT2D eigenvalue weighted by molar-refractivity contribution is 0.0803. The minimum absolute atomic E-state index is 0.0569. The quantitative estimate of drug-likeness (QED) is 0.907. The van der Waals surface area contributed by atoms with E-state index in [-0.39, 0.29) is 12.1 Å². The summed E-state index contributed by atoms with van der Waals surface area (Å²) in [7, 11) is 0. The number of carbonyl (C=O) groups excluding carboxylic acids is 1. The molecule has 5 heteroatoms. The molecule has 0 aromatic heterocycles. The average Bonchev–Trinajstić information content (AvgIpc) is 3.16. The third-order valence-corrected chi connectivity index (χ3v) is 5.45. The molecule has 0 unspecified atom stereocenters. The molecule has 1 aromatic carbocycles. The zero-order valence-corrected chi connectivity index (χ0v) is 14.3. The Balaban J connectivity index is 1.52. The van der Waals surface area contributed by atoms with Gasteiger partial charge >= 0.3 is 6.03 Å². The molecule has 0 bridgehead atoms. The minimum Gasteiger partial charge on any atom is -0.381 e. The number of aryl methyl sites for hydroxylation is 1. The predicted molar refractivity (Wildman–Crippen MR) is 95.9 cm³/mol. The van der Waals surface area contributed by atoms with Crippen LogP contribution in [-0.2, 0) is 11.2 Å². The van der Waals surface area contributed by atoms with Crippen molar-refractivity contribution in [3.8, 4) is 0 Å². The fourth-order valence-electron chi connectivity index (χ4n) is 4.04. The summed E-state index contributed by atoms with van der Waals surface area (Å²) in [6, 6.07) is 6.98. The summed E-state index contributed by atoms with van der Waals surface area (Å²) in [6.07, 6.45) is 6.48. The van der Waals surface area contributed by atoms with Gasteiger partial charge in [-0.1, -0.05) is 6.07 Å². The molecular formula is C19H27N3O2. The van der Waals surface area contributed by atoms with Gasteiger partial charge in [0.2, 0.25) is 0 Å². The number of hydrogen-bond donors (Lipinski definition) is 1. The van der Waals surface area contributed by atoms with E-state index < -0.39 is 0 Å². The van der Waals surface area contributed by atoms with E-state index in [4.69, 9.17) is 4.74 Å².